The van der Waals surface area contributed by atoms with Gasteiger partial charge in [0, 0.05) is 5.38 Å². The lowest BCUT2D eigenvalue weighted by atomic mass is 10.5. The van der Waals surface area contributed by atoms with Crippen LogP contribution < -0.4 is 4.75 Å². The van der Waals surface area contributed by atoms with E-state index in [-0.39, 0.29) is 5.69 Å². The first-order chi connectivity index (χ1) is 4.20. The Balaban J connectivity index is 2.98. The van der Waals surface area contributed by atoms with Crippen molar-refractivity contribution in [2.75, 3.05) is 0 Å². The third kappa shape index (κ3) is 1.47. The van der Waals surface area contributed by atoms with E-state index in [4.69, 9.17) is 5.11 Å². The van der Waals surface area contributed by atoms with Gasteiger partial charge >= 0.3 is 5.97 Å². The molecule has 9 heavy (non-hydrogen) atoms. The van der Waals surface area contributed by atoms with Crippen LogP contribution in [0.1, 0.15) is 10.5 Å². The van der Waals surface area contributed by atoms with Crippen molar-refractivity contribution in [1.82, 2.24) is 4.98 Å². The number of carbonyl (C=O) groups is 1. The zero-order valence-electron chi connectivity index (χ0n) is 4.37. The smallest absolute Gasteiger partial charge is 0.355 e. The summed E-state index contributed by atoms with van der Waals surface area (Å²) in [7, 11) is 2.34. The standard InChI is InChI=1S/C4H4NO2PS/c6-3(7)2-1-9-4(8)5-2/h1H,8H2,(H,6,7). The zero-order valence-corrected chi connectivity index (χ0v) is 6.34. The zero-order chi connectivity index (χ0) is 6.85. The van der Waals surface area contributed by atoms with E-state index in [1.165, 1.54) is 16.7 Å². The Kier molecular flexibility index (Phi) is 1.78. The molecule has 0 saturated heterocycles. The van der Waals surface area contributed by atoms with Gasteiger partial charge in [-0.3, -0.25) is 0 Å². The molecule has 0 saturated carbocycles. The second kappa shape index (κ2) is 2.42. The number of hydrogen-bond donors (Lipinski definition) is 1. The van der Waals surface area contributed by atoms with Crippen LogP contribution in [0.2, 0.25) is 0 Å². The van der Waals surface area contributed by atoms with E-state index >= 15 is 0 Å². The molecule has 1 unspecified atom stereocenters. The summed E-state index contributed by atoms with van der Waals surface area (Å²) in [5, 5.41) is 9.84. The van der Waals surface area contributed by atoms with Crippen molar-refractivity contribution >= 4 is 31.3 Å². The molecule has 0 bridgehead atoms. The van der Waals surface area contributed by atoms with Crippen LogP contribution in [-0.4, -0.2) is 16.1 Å². The molecule has 0 spiro atoms. The van der Waals surface area contributed by atoms with E-state index in [1.807, 2.05) is 0 Å². The van der Waals surface area contributed by atoms with Gasteiger partial charge in [-0.05, 0) is 0 Å². The second-order valence-electron chi connectivity index (χ2n) is 1.38. The summed E-state index contributed by atoms with van der Waals surface area (Å²) in [6.45, 7) is 0. The molecule has 1 atom stereocenters. The molecule has 0 aromatic carbocycles. The number of aromatic carboxylic acids is 1. The molecule has 1 aromatic rings. The predicted molar refractivity (Wildman–Crippen MR) is 38.4 cm³/mol. The first-order valence-corrected chi connectivity index (χ1v) is 3.60. The normalized spacial score (nSPS) is 9.44. The van der Waals surface area contributed by atoms with Crippen molar-refractivity contribution < 1.29 is 9.90 Å². The van der Waals surface area contributed by atoms with Crippen molar-refractivity contribution in [1.29, 1.82) is 0 Å². The molecular formula is C4H4NO2PS. The van der Waals surface area contributed by atoms with Gasteiger partial charge in [-0.1, -0.05) is 9.24 Å². The molecule has 0 aliphatic rings. The van der Waals surface area contributed by atoms with E-state index < -0.39 is 5.97 Å². The van der Waals surface area contributed by atoms with Crippen molar-refractivity contribution in [3.8, 4) is 0 Å². The highest BCUT2D eigenvalue weighted by molar-refractivity contribution is 7.42. The minimum Gasteiger partial charge on any atom is -0.476 e. The lowest BCUT2D eigenvalue weighted by Crippen LogP contribution is -1.98. The minimum atomic E-state index is -0.972. The van der Waals surface area contributed by atoms with Crippen LogP contribution in [0.5, 0.6) is 0 Å². The Labute approximate surface area is 57.9 Å². The van der Waals surface area contributed by atoms with Gasteiger partial charge < -0.3 is 5.11 Å². The highest BCUT2D eigenvalue weighted by Gasteiger charge is 2.04. The second-order valence-corrected chi connectivity index (χ2v) is 3.23. The van der Waals surface area contributed by atoms with Gasteiger partial charge in [0.25, 0.3) is 0 Å². The first kappa shape index (κ1) is 6.65. The Morgan fingerprint density at radius 2 is 2.56 bits per heavy atom. The average molecular weight is 161 g/mol. The lowest BCUT2D eigenvalue weighted by molar-refractivity contribution is 0.0691. The summed E-state index contributed by atoms with van der Waals surface area (Å²) >= 11 is 1.30. The minimum absolute atomic E-state index is 0.116. The van der Waals surface area contributed by atoms with Gasteiger partial charge in [0.2, 0.25) is 0 Å². The molecule has 5 heteroatoms. The number of aromatic nitrogens is 1. The van der Waals surface area contributed by atoms with Crippen LogP contribution in [-0.2, 0) is 0 Å². The molecule has 0 fully saturated rings. The predicted octanol–water partition coefficient (Wildman–Crippen LogP) is 0.342. The molecule has 1 heterocycles. The van der Waals surface area contributed by atoms with Crippen LogP contribution in [0.3, 0.4) is 0 Å². The molecule has 0 aliphatic heterocycles. The van der Waals surface area contributed by atoms with Gasteiger partial charge in [-0.25, -0.2) is 9.78 Å². The van der Waals surface area contributed by atoms with Gasteiger partial charge in [-0.2, -0.15) is 0 Å². The number of carboxylic acid groups (broad SMARTS) is 1. The first-order valence-electron chi connectivity index (χ1n) is 2.14. The Morgan fingerprint density at radius 3 is 2.78 bits per heavy atom. The third-order valence-electron chi connectivity index (χ3n) is 0.741. The summed E-state index contributed by atoms with van der Waals surface area (Å²) in [6, 6.07) is 0. The summed E-state index contributed by atoms with van der Waals surface area (Å²) in [5.41, 5.74) is 0.116. The summed E-state index contributed by atoms with van der Waals surface area (Å²) in [6.07, 6.45) is 0. The molecule has 0 radical (unpaired) electrons. The maximum atomic E-state index is 10.1. The van der Waals surface area contributed by atoms with Crippen LogP contribution in [0.15, 0.2) is 5.38 Å². The van der Waals surface area contributed by atoms with E-state index in [1.54, 1.807) is 0 Å². The fourth-order valence-corrected chi connectivity index (χ4v) is 1.27. The van der Waals surface area contributed by atoms with Crippen LogP contribution in [0, 0.1) is 0 Å². The average Bonchev–Trinajstić information content (AvgIpc) is 2.14. The molecule has 0 aliphatic carbocycles. The van der Waals surface area contributed by atoms with Gasteiger partial charge in [0.15, 0.2) is 5.69 Å². The molecule has 48 valence electrons. The maximum absolute atomic E-state index is 10.1. The molecule has 3 nitrogen and oxygen atoms in total. The van der Waals surface area contributed by atoms with Crippen LogP contribution in [0.4, 0.5) is 0 Å². The monoisotopic (exact) mass is 161 g/mol. The lowest BCUT2D eigenvalue weighted by Gasteiger charge is -1.79. The topological polar surface area (TPSA) is 50.2 Å². The highest BCUT2D eigenvalue weighted by atomic mass is 32.1. The van der Waals surface area contributed by atoms with Crippen molar-refractivity contribution in [2.45, 2.75) is 0 Å². The number of thiazole rings is 1. The number of hydrogen-bond acceptors (Lipinski definition) is 3. The van der Waals surface area contributed by atoms with Crippen LogP contribution in [0.25, 0.3) is 0 Å². The van der Waals surface area contributed by atoms with Crippen molar-refractivity contribution in [3.63, 3.8) is 0 Å². The van der Waals surface area contributed by atoms with Crippen molar-refractivity contribution in [2.24, 2.45) is 0 Å². The van der Waals surface area contributed by atoms with E-state index in [0.717, 1.165) is 0 Å². The van der Waals surface area contributed by atoms with E-state index in [9.17, 15) is 4.79 Å². The highest BCUT2D eigenvalue weighted by Crippen LogP contribution is 2.01. The largest absolute Gasteiger partial charge is 0.476 e. The Hall–Kier alpha value is -0.470. The quantitative estimate of drug-likeness (QED) is 0.604. The molecule has 1 rings (SSSR count). The number of rotatable bonds is 1. The molecule has 1 aromatic heterocycles. The Bertz CT molecular complexity index is 234. The number of nitrogens with zero attached hydrogens (tertiary/aromatic N) is 1. The summed E-state index contributed by atoms with van der Waals surface area (Å²) in [4.78, 5) is 13.8. The fraction of sp³-hybridized carbons (Fsp3) is 0. The van der Waals surface area contributed by atoms with Gasteiger partial charge in [-0.15, -0.1) is 11.3 Å². The Morgan fingerprint density at radius 1 is 1.89 bits per heavy atom. The van der Waals surface area contributed by atoms with E-state index in [2.05, 4.69) is 14.2 Å². The molecule has 0 amide bonds. The number of carboxylic acids is 1. The molecular weight excluding hydrogens is 157 g/mol. The van der Waals surface area contributed by atoms with E-state index in [0.29, 0.717) is 4.75 Å². The SMILES string of the molecule is O=C(O)c1csc(P)n1. The summed E-state index contributed by atoms with van der Waals surface area (Å²) < 4.78 is 0.701. The van der Waals surface area contributed by atoms with Crippen LogP contribution >= 0.6 is 20.6 Å². The van der Waals surface area contributed by atoms with Gasteiger partial charge in [0.05, 0.1) is 0 Å². The summed E-state index contributed by atoms with van der Waals surface area (Å²) in [5.74, 6) is -0.972. The van der Waals surface area contributed by atoms with Gasteiger partial charge in [0.1, 0.15) is 4.75 Å². The molecule has 1 N–H and O–H groups in total. The maximum Gasteiger partial charge on any atom is 0.355 e. The van der Waals surface area contributed by atoms with Crippen molar-refractivity contribution in [3.05, 3.63) is 11.1 Å². The fourth-order valence-electron chi connectivity index (χ4n) is 0.386. The third-order valence-corrected chi connectivity index (χ3v) is 1.95.